The maximum atomic E-state index is 12.6. The van der Waals surface area contributed by atoms with Crippen molar-refractivity contribution in [1.82, 2.24) is 20.2 Å². The lowest BCUT2D eigenvalue weighted by Gasteiger charge is -2.29. The Labute approximate surface area is 142 Å². The minimum atomic E-state index is 0.0827. The Morgan fingerprint density at radius 1 is 1.21 bits per heavy atom. The highest BCUT2D eigenvalue weighted by atomic mass is 16.2. The SMILES string of the molecule is O=C(c1ccccc1)N1CCc2nc(C3CCCCN3)ncc2C1. The van der Waals surface area contributed by atoms with Crippen LogP contribution >= 0.6 is 0 Å². The van der Waals surface area contributed by atoms with Crippen molar-refractivity contribution < 1.29 is 4.79 Å². The van der Waals surface area contributed by atoms with Gasteiger partial charge in [0.15, 0.2) is 0 Å². The van der Waals surface area contributed by atoms with E-state index in [-0.39, 0.29) is 11.9 Å². The highest BCUT2D eigenvalue weighted by Crippen LogP contribution is 2.23. The molecule has 0 radical (unpaired) electrons. The molecule has 24 heavy (non-hydrogen) atoms. The first kappa shape index (κ1) is 15.3. The van der Waals surface area contributed by atoms with E-state index < -0.39 is 0 Å². The number of hydrogen-bond donors (Lipinski definition) is 1. The van der Waals surface area contributed by atoms with Gasteiger partial charge in [0.1, 0.15) is 5.82 Å². The average molecular weight is 322 g/mol. The van der Waals surface area contributed by atoms with Gasteiger partial charge in [0.05, 0.1) is 11.7 Å². The molecule has 124 valence electrons. The quantitative estimate of drug-likeness (QED) is 0.923. The van der Waals surface area contributed by atoms with Gasteiger partial charge in [0, 0.05) is 36.8 Å². The molecular weight excluding hydrogens is 300 g/mol. The Morgan fingerprint density at radius 3 is 2.88 bits per heavy atom. The van der Waals surface area contributed by atoms with Gasteiger partial charge in [-0.1, -0.05) is 24.6 Å². The third kappa shape index (κ3) is 3.04. The fraction of sp³-hybridized carbons (Fsp3) is 0.421. The summed E-state index contributed by atoms with van der Waals surface area (Å²) in [4.78, 5) is 23.8. The van der Waals surface area contributed by atoms with E-state index in [4.69, 9.17) is 4.98 Å². The third-order valence-corrected chi connectivity index (χ3v) is 4.88. The highest BCUT2D eigenvalue weighted by molar-refractivity contribution is 5.94. The molecule has 1 saturated heterocycles. The van der Waals surface area contributed by atoms with Crippen molar-refractivity contribution in [3.8, 4) is 0 Å². The summed E-state index contributed by atoms with van der Waals surface area (Å²) in [6.07, 6.45) is 6.29. The van der Waals surface area contributed by atoms with Gasteiger partial charge in [0.25, 0.3) is 5.91 Å². The molecule has 1 N–H and O–H groups in total. The Morgan fingerprint density at radius 2 is 2.08 bits per heavy atom. The molecule has 1 fully saturated rings. The van der Waals surface area contributed by atoms with Gasteiger partial charge in [-0.15, -0.1) is 0 Å². The number of carbonyl (C=O) groups is 1. The minimum absolute atomic E-state index is 0.0827. The lowest BCUT2D eigenvalue weighted by molar-refractivity contribution is 0.0733. The summed E-state index contributed by atoms with van der Waals surface area (Å²) in [5, 5.41) is 3.50. The van der Waals surface area contributed by atoms with Crippen molar-refractivity contribution in [1.29, 1.82) is 0 Å². The Hall–Kier alpha value is -2.27. The molecule has 0 saturated carbocycles. The zero-order valence-corrected chi connectivity index (χ0v) is 13.7. The van der Waals surface area contributed by atoms with Gasteiger partial charge < -0.3 is 10.2 Å². The van der Waals surface area contributed by atoms with E-state index in [9.17, 15) is 4.79 Å². The van der Waals surface area contributed by atoms with Crippen LogP contribution < -0.4 is 5.32 Å². The van der Waals surface area contributed by atoms with E-state index in [1.54, 1.807) is 0 Å². The Balaban J connectivity index is 1.50. The van der Waals surface area contributed by atoms with Gasteiger partial charge in [-0.25, -0.2) is 9.97 Å². The first-order chi connectivity index (χ1) is 11.8. The first-order valence-corrected chi connectivity index (χ1v) is 8.73. The smallest absolute Gasteiger partial charge is 0.254 e. The predicted molar refractivity (Wildman–Crippen MR) is 91.5 cm³/mol. The summed E-state index contributed by atoms with van der Waals surface area (Å²) in [6, 6.07) is 9.75. The second kappa shape index (κ2) is 6.69. The van der Waals surface area contributed by atoms with Crippen molar-refractivity contribution in [2.24, 2.45) is 0 Å². The molecule has 2 aliphatic rings. The summed E-state index contributed by atoms with van der Waals surface area (Å²) >= 11 is 0. The fourth-order valence-corrected chi connectivity index (χ4v) is 3.51. The molecule has 0 spiro atoms. The highest BCUT2D eigenvalue weighted by Gasteiger charge is 2.25. The number of rotatable bonds is 2. The second-order valence-electron chi connectivity index (χ2n) is 6.55. The van der Waals surface area contributed by atoms with Gasteiger partial charge >= 0.3 is 0 Å². The molecule has 2 aliphatic heterocycles. The maximum absolute atomic E-state index is 12.6. The molecular formula is C19H22N4O. The molecule has 5 nitrogen and oxygen atoms in total. The van der Waals surface area contributed by atoms with E-state index in [1.165, 1.54) is 12.8 Å². The van der Waals surface area contributed by atoms with Crippen LogP contribution in [0, 0.1) is 0 Å². The lowest BCUT2D eigenvalue weighted by atomic mass is 10.0. The van der Waals surface area contributed by atoms with Crippen molar-refractivity contribution >= 4 is 5.91 Å². The first-order valence-electron chi connectivity index (χ1n) is 8.73. The fourth-order valence-electron chi connectivity index (χ4n) is 3.51. The second-order valence-corrected chi connectivity index (χ2v) is 6.55. The third-order valence-electron chi connectivity index (χ3n) is 4.88. The molecule has 0 bridgehead atoms. The number of hydrogen-bond acceptors (Lipinski definition) is 4. The van der Waals surface area contributed by atoms with Crippen LogP contribution in [-0.2, 0) is 13.0 Å². The Bertz CT molecular complexity index is 725. The molecule has 1 unspecified atom stereocenters. The molecule has 1 amide bonds. The topological polar surface area (TPSA) is 58.1 Å². The number of fused-ring (bicyclic) bond motifs is 1. The van der Waals surface area contributed by atoms with E-state index in [1.807, 2.05) is 41.4 Å². The van der Waals surface area contributed by atoms with Crippen LogP contribution in [0.15, 0.2) is 36.5 Å². The number of amides is 1. The zero-order chi connectivity index (χ0) is 16.4. The van der Waals surface area contributed by atoms with E-state index in [0.29, 0.717) is 6.54 Å². The van der Waals surface area contributed by atoms with Crippen molar-refractivity contribution in [2.75, 3.05) is 13.1 Å². The number of piperidine rings is 1. The average Bonchev–Trinajstić information content (AvgIpc) is 2.68. The summed E-state index contributed by atoms with van der Waals surface area (Å²) in [7, 11) is 0. The van der Waals surface area contributed by atoms with Crippen LogP contribution in [0.2, 0.25) is 0 Å². The standard InChI is InChI=1S/C19H22N4O/c24-19(14-6-2-1-3-7-14)23-11-9-16-15(13-23)12-21-18(22-16)17-8-4-5-10-20-17/h1-3,6-7,12,17,20H,4-5,8-11,13H2. The number of nitrogens with zero attached hydrogens (tertiary/aromatic N) is 3. The number of nitrogens with one attached hydrogen (secondary N) is 1. The van der Waals surface area contributed by atoms with Crippen LogP contribution in [0.3, 0.4) is 0 Å². The number of benzene rings is 1. The van der Waals surface area contributed by atoms with Gasteiger partial charge in [-0.2, -0.15) is 0 Å². The van der Waals surface area contributed by atoms with Crippen LogP contribution in [0.4, 0.5) is 0 Å². The molecule has 4 rings (SSSR count). The summed E-state index contributed by atoms with van der Waals surface area (Å²) in [5.74, 6) is 0.996. The molecule has 3 heterocycles. The van der Waals surface area contributed by atoms with E-state index in [2.05, 4.69) is 10.3 Å². The van der Waals surface area contributed by atoms with Crippen molar-refractivity contribution in [3.05, 3.63) is 59.2 Å². The molecule has 0 aliphatic carbocycles. The molecule has 1 atom stereocenters. The molecule has 2 aromatic rings. The van der Waals surface area contributed by atoms with Crippen LogP contribution in [0.1, 0.15) is 52.7 Å². The monoisotopic (exact) mass is 322 g/mol. The summed E-state index contributed by atoms with van der Waals surface area (Å²) in [6.45, 7) is 2.36. The normalized spacial score (nSPS) is 20.5. The molecule has 5 heteroatoms. The molecule has 1 aromatic heterocycles. The summed E-state index contributed by atoms with van der Waals surface area (Å²) < 4.78 is 0. The van der Waals surface area contributed by atoms with E-state index in [0.717, 1.165) is 48.6 Å². The van der Waals surface area contributed by atoms with Gasteiger partial charge in [0.2, 0.25) is 0 Å². The van der Waals surface area contributed by atoms with E-state index >= 15 is 0 Å². The minimum Gasteiger partial charge on any atom is -0.334 e. The number of carbonyl (C=O) groups excluding carboxylic acids is 1. The van der Waals surface area contributed by atoms with Crippen molar-refractivity contribution in [3.63, 3.8) is 0 Å². The molecule has 1 aromatic carbocycles. The maximum Gasteiger partial charge on any atom is 0.254 e. The lowest BCUT2D eigenvalue weighted by Crippen LogP contribution is -2.37. The zero-order valence-electron chi connectivity index (χ0n) is 13.7. The van der Waals surface area contributed by atoms with Crippen molar-refractivity contribution in [2.45, 2.75) is 38.3 Å². The van der Waals surface area contributed by atoms with Crippen LogP contribution in [0.5, 0.6) is 0 Å². The number of aromatic nitrogens is 2. The van der Waals surface area contributed by atoms with Crippen LogP contribution in [-0.4, -0.2) is 33.9 Å². The van der Waals surface area contributed by atoms with Crippen LogP contribution in [0.25, 0.3) is 0 Å². The summed E-state index contributed by atoms with van der Waals surface area (Å²) in [5.41, 5.74) is 2.92. The largest absolute Gasteiger partial charge is 0.334 e. The van der Waals surface area contributed by atoms with Gasteiger partial charge in [-0.3, -0.25) is 4.79 Å². The predicted octanol–water partition coefficient (Wildman–Crippen LogP) is 2.49. The Kier molecular flexibility index (Phi) is 4.26. The van der Waals surface area contributed by atoms with Gasteiger partial charge in [-0.05, 0) is 31.5 Å².